The van der Waals surface area contributed by atoms with Crippen molar-refractivity contribution < 1.29 is 9.59 Å². The van der Waals surface area contributed by atoms with Gasteiger partial charge in [-0.15, -0.1) is 0 Å². The van der Waals surface area contributed by atoms with Gasteiger partial charge >= 0.3 is 0 Å². The number of carbonyl (C=O) groups is 2. The summed E-state index contributed by atoms with van der Waals surface area (Å²) in [6.07, 6.45) is 0.407. The predicted molar refractivity (Wildman–Crippen MR) is 62.9 cm³/mol. The molecule has 2 heterocycles. The topological polar surface area (TPSA) is 70.2 Å². The molecule has 3 rings (SSSR count). The van der Waals surface area contributed by atoms with Gasteiger partial charge in [-0.3, -0.25) is 9.59 Å². The van der Waals surface area contributed by atoms with Gasteiger partial charge in [0.25, 0.3) is 5.91 Å². The third-order valence-electron chi connectivity index (χ3n) is 3.11. The molecule has 17 heavy (non-hydrogen) atoms. The smallest absolute Gasteiger partial charge is 0.251 e. The number of fused-ring (bicyclic) bond motifs is 1. The van der Waals surface area contributed by atoms with Gasteiger partial charge in [-0.2, -0.15) is 0 Å². The lowest BCUT2D eigenvalue weighted by Gasteiger charge is -2.27. The molecule has 0 aromatic heterocycles. The molecule has 1 aromatic rings. The van der Waals surface area contributed by atoms with E-state index in [0.717, 1.165) is 24.3 Å². The van der Waals surface area contributed by atoms with Gasteiger partial charge in [-0.25, -0.2) is 0 Å². The molecule has 0 bridgehead atoms. The first-order chi connectivity index (χ1) is 8.22. The molecule has 1 fully saturated rings. The van der Waals surface area contributed by atoms with Gasteiger partial charge in [0.1, 0.15) is 0 Å². The molecule has 0 radical (unpaired) electrons. The minimum atomic E-state index is -0.0829. The first-order valence-electron chi connectivity index (χ1n) is 5.67. The molecule has 1 saturated heterocycles. The first-order valence-corrected chi connectivity index (χ1v) is 5.67. The third-order valence-corrected chi connectivity index (χ3v) is 3.11. The minimum absolute atomic E-state index is 0.0132. The van der Waals surface area contributed by atoms with Crippen molar-refractivity contribution in [2.24, 2.45) is 0 Å². The van der Waals surface area contributed by atoms with Crippen LogP contribution in [0, 0.1) is 0 Å². The number of carbonyl (C=O) groups excluding carboxylic acids is 2. The molecule has 2 aliphatic heterocycles. The standard InChI is InChI=1S/C12H13N3O2/c16-11-4-7-1-2-8(3-10(7)15-11)12(17)14-9-5-13-6-9/h1-3,9,13H,4-6H2,(H,14,17)(H,15,16). The van der Waals surface area contributed by atoms with Crippen LogP contribution in [0.5, 0.6) is 0 Å². The molecule has 88 valence electrons. The maximum atomic E-state index is 11.9. The van der Waals surface area contributed by atoms with Crippen molar-refractivity contribution in [2.45, 2.75) is 12.5 Å². The highest BCUT2D eigenvalue weighted by atomic mass is 16.2. The highest BCUT2D eigenvalue weighted by molar-refractivity contribution is 6.02. The fourth-order valence-corrected chi connectivity index (χ4v) is 2.02. The summed E-state index contributed by atoms with van der Waals surface area (Å²) in [6, 6.07) is 5.56. The van der Waals surface area contributed by atoms with Crippen molar-refractivity contribution >= 4 is 17.5 Å². The highest BCUT2D eigenvalue weighted by Crippen LogP contribution is 2.23. The fourth-order valence-electron chi connectivity index (χ4n) is 2.02. The lowest BCUT2D eigenvalue weighted by molar-refractivity contribution is -0.115. The Balaban J connectivity index is 1.77. The Bertz CT molecular complexity index is 495. The molecule has 0 aliphatic carbocycles. The van der Waals surface area contributed by atoms with E-state index in [4.69, 9.17) is 0 Å². The van der Waals surface area contributed by atoms with E-state index in [1.165, 1.54) is 0 Å². The Kier molecular flexibility index (Phi) is 2.33. The molecule has 2 aliphatic rings. The maximum Gasteiger partial charge on any atom is 0.251 e. The zero-order chi connectivity index (χ0) is 11.8. The van der Waals surface area contributed by atoms with Crippen molar-refractivity contribution in [3.63, 3.8) is 0 Å². The zero-order valence-corrected chi connectivity index (χ0v) is 9.25. The zero-order valence-electron chi connectivity index (χ0n) is 9.25. The van der Waals surface area contributed by atoms with Gasteiger partial charge in [0.15, 0.2) is 0 Å². The van der Waals surface area contributed by atoms with Gasteiger partial charge in [0.05, 0.1) is 12.5 Å². The average molecular weight is 231 g/mol. The third kappa shape index (κ3) is 1.89. The van der Waals surface area contributed by atoms with E-state index in [2.05, 4.69) is 16.0 Å². The number of rotatable bonds is 2. The number of amides is 2. The Morgan fingerprint density at radius 2 is 2.18 bits per heavy atom. The van der Waals surface area contributed by atoms with E-state index in [1.807, 2.05) is 6.07 Å². The number of hydrogen-bond acceptors (Lipinski definition) is 3. The second-order valence-electron chi connectivity index (χ2n) is 4.43. The molecule has 0 spiro atoms. The van der Waals surface area contributed by atoms with Crippen molar-refractivity contribution in [1.82, 2.24) is 10.6 Å². The summed E-state index contributed by atoms with van der Waals surface area (Å²) in [5, 5.41) is 8.76. The fraction of sp³-hybridized carbons (Fsp3) is 0.333. The van der Waals surface area contributed by atoms with Crippen LogP contribution in [0.1, 0.15) is 15.9 Å². The van der Waals surface area contributed by atoms with Crippen LogP contribution in [0.3, 0.4) is 0 Å². The van der Waals surface area contributed by atoms with Crippen LogP contribution in [-0.2, 0) is 11.2 Å². The summed E-state index contributed by atoms with van der Waals surface area (Å²) < 4.78 is 0. The highest BCUT2D eigenvalue weighted by Gasteiger charge is 2.22. The summed E-state index contributed by atoms with van der Waals surface area (Å²) >= 11 is 0. The SMILES string of the molecule is O=C1Cc2ccc(C(=O)NC3CNC3)cc2N1. The normalized spacial score (nSPS) is 18.2. The summed E-state index contributed by atoms with van der Waals surface area (Å²) in [7, 11) is 0. The van der Waals surface area contributed by atoms with Crippen LogP contribution in [-0.4, -0.2) is 30.9 Å². The van der Waals surface area contributed by atoms with E-state index in [9.17, 15) is 9.59 Å². The van der Waals surface area contributed by atoms with Crippen molar-refractivity contribution in [2.75, 3.05) is 18.4 Å². The minimum Gasteiger partial charge on any atom is -0.347 e. The Hall–Kier alpha value is -1.88. The molecule has 0 unspecified atom stereocenters. The molecule has 0 saturated carbocycles. The maximum absolute atomic E-state index is 11.9. The first kappa shape index (κ1) is 10.3. The largest absolute Gasteiger partial charge is 0.347 e. The van der Waals surface area contributed by atoms with Gasteiger partial charge in [0.2, 0.25) is 5.91 Å². The molecular weight excluding hydrogens is 218 g/mol. The molecule has 0 atom stereocenters. The van der Waals surface area contributed by atoms with Gasteiger partial charge in [-0.05, 0) is 17.7 Å². The van der Waals surface area contributed by atoms with Crippen LogP contribution in [0.15, 0.2) is 18.2 Å². The summed E-state index contributed by atoms with van der Waals surface area (Å²) in [5.74, 6) is -0.0961. The molecule has 3 N–H and O–H groups in total. The van der Waals surface area contributed by atoms with E-state index >= 15 is 0 Å². The van der Waals surface area contributed by atoms with Gasteiger partial charge in [-0.1, -0.05) is 6.07 Å². The Morgan fingerprint density at radius 3 is 2.88 bits per heavy atom. The molecular formula is C12H13N3O2. The average Bonchev–Trinajstić information content (AvgIpc) is 2.62. The van der Waals surface area contributed by atoms with Crippen molar-refractivity contribution in [3.05, 3.63) is 29.3 Å². The van der Waals surface area contributed by atoms with Gasteiger partial charge in [0, 0.05) is 24.3 Å². The predicted octanol–water partition coefficient (Wildman–Crippen LogP) is -0.117. The van der Waals surface area contributed by atoms with Crippen molar-refractivity contribution in [1.29, 1.82) is 0 Å². The second kappa shape index (κ2) is 3.85. The van der Waals surface area contributed by atoms with Crippen LogP contribution >= 0.6 is 0 Å². The van der Waals surface area contributed by atoms with Crippen LogP contribution in [0.4, 0.5) is 5.69 Å². The number of hydrogen-bond donors (Lipinski definition) is 3. The Morgan fingerprint density at radius 1 is 1.35 bits per heavy atom. The quantitative estimate of drug-likeness (QED) is 0.664. The van der Waals surface area contributed by atoms with E-state index < -0.39 is 0 Å². The van der Waals surface area contributed by atoms with E-state index in [1.54, 1.807) is 12.1 Å². The molecule has 5 nitrogen and oxygen atoms in total. The second-order valence-corrected chi connectivity index (χ2v) is 4.43. The summed E-state index contributed by atoms with van der Waals surface area (Å²) in [6.45, 7) is 1.65. The summed E-state index contributed by atoms with van der Waals surface area (Å²) in [5.41, 5.74) is 2.31. The molecule has 2 amide bonds. The van der Waals surface area contributed by atoms with E-state index in [0.29, 0.717) is 12.0 Å². The van der Waals surface area contributed by atoms with Crippen LogP contribution in [0.25, 0.3) is 0 Å². The van der Waals surface area contributed by atoms with Crippen LogP contribution < -0.4 is 16.0 Å². The van der Waals surface area contributed by atoms with Gasteiger partial charge < -0.3 is 16.0 Å². The molecule has 5 heteroatoms. The summed E-state index contributed by atoms with van der Waals surface area (Å²) in [4.78, 5) is 23.1. The number of nitrogens with one attached hydrogen (secondary N) is 3. The van der Waals surface area contributed by atoms with E-state index in [-0.39, 0.29) is 17.9 Å². The molecule has 1 aromatic carbocycles. The number of anilines is 1. The lowest BCUT2D eigenvalue weighted by Crippen LogP contribution is -2.56. The monoisotopic (exact) mass is 231 g/mol. The van der Waals surface area contributed by atoms with Crippen LogP contribution in [0.2, 0.25) is 0 Å². The lowest BCUT2D eigenvalue weighted by atomic mass is 10.1. The Labute approximate surface area is 98.6 Å². The van der Waals surface area contributed by atoms with Crippen molar-refractivity contribution in [3.8, 4) is 0 Å². The number of benzene rings is 1.